The van der Waals surface area contributed by atoms with Crippen molar-refractivity contribution in [3.05, 3.63) is 52.2 Å². The predicted molar refractivity (Wildman–Crippen MR) is 101 cm³/mol. The van der Waals surface area contributed by atoms with Gasteiger partial charge in [-0.25, -0.2) is 0 Å². The minimum absolute atomic E-state index is 0.0463. The van der Waals surface area contributed by atoms with Crippen molar-refractivity contribution >= 4 is 40.7 Å². The van der Waals surface area contributed by atoms with Crippen molar-refractivity contribution < 1.29 is 23.9 Å². The number of ether oxygens (including phenoxy) is 1. The Hall–Kier alpha value is -3.20. The number of hydrogen-bond donors (Lipinski definition) is 3. The van der Waals surface area contributed by atoms with Crippen LogP contribution in [0.25, 0.3) is 0 Å². The largest absolute Gasteiger partial charge is 0.456 e. The first-order valence-electron chi connectivity index (χ1n) is 8.07. The molecular weight excluding hydrogens is 370 g/mol. The van der Waals surface area contributed by atoms with Crippen LogP contribution in [-0.2, 0) is 14.3 Å². The maximum atomic E-state index is 11.8. The number of carbonyl (C=O) groups excluding carboxylic acids is 4. The van der Waals surface area contributed by atoms with Crippen LogP contribution in [0.2, 0.25) is 0 Å². The van der Waals surface area contributed by atoms with E-state index in [1.807, 2.05) is 0 Å². The summed E-state index contributed by atoms with van der Waals surface area (Å²) in [4.78, 5) is 46.8. The lowest BCUT2D eigenvalue weighted by Crippen LogP contribution is -2.27. The second-order valence-electron chi connectivity index (χ2n) is 5.39. The molecule has 0 radical (unpaired) electrons. The highest BCUT2D eigenvalue weighted by Crippen LogP contribution is 2.10. The molecule has 0 bridgehead atoms. The van der Waals surface area contributed by atoms with E-state index in [0.29, 0.717) is 16.8 Å². The van der Waals surface area contributed by atoms with Gasteiger partial charge in [-0.3, -0.25) is 19.2 Å². The number of hydrogen-bond acceptors (Lipinski definition) is 6. The molecule has 1 aromatic heterocycles. The first kappa shape index (κ1) is 20.1. The van der Waals surface area contributed by atoms with Crippen LogP contribution in [0.5, 0.6) is 0 Å². The molecule has 0 saturated carbocycles. The molecule has 9 heteroatoms. The summed E-state index contributed by atoms with van der Waals surface area (Å²) in [5, 5.41) is 11.1. The monoisotopic (exact) mass is 389 g/mol. The first-order valence-corrected chi connectivity index (χ1v) is 9.02. The number of esters is 1. The molecule has 2 aromatic rings. The zero-order chi connectivity index (χ0) is 19.6. The van der Waals surface area contributed by atoms with Gasteiger partial charge < -0.3 is 20.7 Å². The number of carbonyl (C=O) groups is 4. The Morgan fingerprint density at radius 3 is 2.59 bits per heavy atom. The summed E-state index contributed by atoms with van der Waals surface area (Å²) < 4.78 is 4.87. The smallest absolute Gasteiger partial charge is 0.308 e. The van der Waals surface area contributed by atoms with Gasteiger partial charge in [0.25, 0.3) is 17.7 Å². The van der Waals surface area contributed by atoms with Gasteiger partial charge in [0, 0.05) is 35.8 Å². The Bertz CT molecular complexity index is 820. The van der Waals surface area contributed by atoms with Crippen molar-refractivity contribution in [2.45, 2.75) is 6.42 Å². The Labute approximate surface area is 159 Å². The minimum Gasteiger partial charge on any atom is -0.456 e. The Kier molecular flexibility index (Phi) is 7.50. The Morgan fingerprint density at radius 2 is 1.89 bits per heavy atom. The summed E-state index contributed by atoms with van der Waals surface area (Å²) in [5.41, 5.74) is 1.35. The maximum Gasteiger partial charge on any atom is 0.308 e. The Morgan fingerprint density at radius 1 is 1.07 bits per heavy atom. The van der Waals surface area contributed by atoms with Crippen molar-refractivity contribution in [1.82, 2.24) is 10.6 Å². The molecule has 0 spiro atoms. The van der Waals surface area contributed by atoms with Crippen molar-refractivity contribution in [1.29, 1.82) is 0 Å². The fourth-order valence-corrected chi connectivity index (χ4v) is 2.71. The van der Waals surface area contributed by atoms with Crippen molar-refractivity contribution in [3.63, 3.8) is 0 Å². The zero-order valence-corrected chi connectivity index (χ0v) is 15.4. The van der Waals surface area contributed by atoms with Crippen LogP contribution in [0.1, 0.15) is 27.1 Å². The summed E-state index contributed by atoms with van der Waals surface area (Å²) >= 11 is 1.40. The normalized spacial score (nSPS) is 9.96. The van der Waals surface area contributed by atoms with Crippen LogP contribution >= 0.6 is 11.3 Å². The average Bonchev–Trinajstić information content (AvgIpc) is 3.21. The van der Waals surface area contributed by atoms with E-state index in [9.17, 15) is 19.2 Å². The van der Waals surface area contributed by atoms with Crippen molar-refractivity contribution in [2.24, 2.45) is 0 Å². The number of rotatable bonds is 8. The van der Waals surface area contributed by atoms with Gasteiger partial charge in [0.2, 0.25) is 0 Å². The number of nitrogens with one attached hydrogen (secondary N) is 3. The van der Waals surface area contributed by atoms with Crippen molar-refractivity contribution in [3.8, 4) is 0 Å². The molecule has 0 aliphatic rings. The molecule has 0 aliphatic heterocycles. The standard InChI is InChI=1S/C18H19N3O5S/c1-19-17(24)12-3-2-4-14(9-12)21-15(22)10-26-16(23)5-7-20-18(25)13-6-8-27-11-13/h2-4,6,8-9,11H,5,7,10H2,1H3,(H,19,24)(H,20,25)(H,21,22). The van der Waals surface area contributed by atoms with Gasteiger partial charge in [-0.15, -0.1) is 0 Å². The van der Waals surface area contributed by atoms with Crippen LogP contribution in [-0.4, -0.2) is 43.9 Å². The first-order chi connectivity index (χ1) is 13.0. The molecule has 0 atom stereocenters. The van der Waals surface area contributed by atoms with Crippen LogP contribution in [0, 0.1) is 0 Å². The van der Waals surface area contributed by atoms with Gasteiger partial charge >= 0.3 is 5.97 Å². The third kappa shape index (κ3) is 6.55. The summed E-state index contributed by atoms with van der Waals surface area (Å²) in [6, 6.07) is 8.05. The van der Waals surface area contributed by atoms with E-state index in [-0.39, 0.29) is 24.8 Å². The van der Waals surface area contributed by atoms with Gasteiger partial charge in [0.1, 0.15) is 0 Å². The summed E-state index contributed by atoms with van der Waals surface area (Å²) in [5.74, 6) is -1.67. The fourth-order valence-electron chi connectivity index (χ4n) is 2.07. The van der Waals surface area contributed by atoms with E-state index in [2.05, 4.69) is 16.0 Å². The molecule has 3 N–H and O–H groups in total. The van der Waals surface area contributed by atoms with E-state index < -0.39 is 18.5 Å². The molecular formula is C18H19N3O5S. The van der Waals surface area contributed by atoms with E-state index in [1.165, 1.54) is 24.5 Å². The van der Waals surface area contributed by atoms with Gasteiger partial charge in [0.15, 0.2) is 6.61 Å². The summed E-state index contributed by atoms with van der Waals surface area (Å²) in [7, 11) is 1.51. The molecule has 8 nitrogen and oxygen atoms in total. The average molecular weight is 389 g/mol. The molecule has 0 unspecified atom stereocenters. The van der Waals surface area contributed by atoms with Gasteiger partial charge in [-0.2, -0.15) is 11.3 Å². The number of amides is 3. The lowest BCUT2D eigenvalue weighted by molar-refractivity contribution is -0.147. The molecule has 0 fully saturated rings. The van der Waals surface area contributed by atoms with E-state index in [1.54, 1.807) is 35.0 Å². The summed E-state index contributed by atoms with van der Waals surface area (Å²) in [6.07, 6.45) is -0.0463. The van der Waals surface area contributed by atoms with E-state index in [4.69, 9.17) is 4.74 Å². The molecule has 27 heavy (non-hydrogen) atoms. The lowest BCUT2D eigenvalue weighted by atomic mass is 10.2. The maximum absolute atomic E-state index is 11.8. The van der Waals surface area contributed by atoms with Crippen LogP contribution < -0.4 is 16.0 Å². The second-order valence-corrected chi connectivity index (χ2v) is 6.17. The predicted octanol–water partition coefficient (Wildman–Crippen LogP) is 1.41. The second kappa shape index (κ2) is 10.1. The highest BCUT2D eigenvalue weighted by atomic mass is 32.1. The third-order valence-electron chi connectivity index (χ3n) is 3.40. The molecule has 1 aromatic carbocycles. The van der Waals surface area contributed by atoms with Gasteiger partial charge in [0.05, 0.1) is 6.42 Å². The van der Waals surface area contributed by atoms with Crippen LogP contribution in [0.15, 0.2) is 41.1 Å². The number of thiophene rings is 1. The van der Waals surface area contributed by atoms with E-state index in [0.717, 1.165) is 0 Å². The molecule has 142 valence electrons. The molecule has 0 aliphatic carbocycles. The molecule has 2 rings (SSSR count). The van der Waals surface area contributed by atoms with Gasteiger partial charge in [-0.1, -0.05) is 6.07 Å². The van der Waals surface area contributed by atoms with Crippen LogP contribution in [0.4, 0.5) is 5.69 Å². The number of anilines is 1. The highest BCUT2D eigenvalue weighted by molar-refractivity contribution is 7.08. The number of benzene rings is 1. The SMILES string of the molecule is CNC(=O)c1cccc(NC(=O)COC(=O)CCNC(=O)c2ccsc2)c1. The molecule has 1 heterocycles. The topological polar surface area (TPSA) is 114 Å². The zero-order valence-electron chi connectivity index (χ0n) is 14.6. The van der Waals surface area contributed by atoms with Crippen molar-refractivity contribution in [2.75, 3.05) is 25.5 Å². The quantitative estimate of drug-likeness (QED) is 0.591. The lowest BCUT2D eigenvalue weighted by Gasteiger charge is -2.08. The molecule has 0 saturated heterocycles. The Balaban J connectivity index is 1.69. The minimum atomic E-state index is -0.602. The fraction of sp³-hybridized carbons (Fsp3) is 0.222. The van der Waals surface area contributed by atoms with Gasteiger partial charge in [-0.05, 0) is 29.6 Å². The van der Waals surface area contributed by atoms with Crippen LogP contribution in [0.3, 0.4) is 0 Å². The summed E-state index contributed by atoms with van der Waals surface area (Å²) in [6.45, 7) is -0.342. The third-order valence-corrected chi connectivity index (χ3v) is 4.08. The highest BCUT2D eigenvalue weighted by Gasteiger charge is 2.11. The molecule has 3 amide bonds. The van der Waals surface area contributed by atoms with E-state index >= 15 is 0 Å².